The Balaban J connectivity index is 1.11. The second-order valence-electron chi connectivity index (χ2n) is 10.6. The summed E-state index contributed by atoms with van der Waals surface area (Å²) in [7, 11) is 0. The molecule has 8 nitrogen and oxygen atoms in total. The lowest BCUT2D eigenvalue weighted by molar-refractivity contribution is -0.0708. The van der Waals surface area contributed by atoms with Gasteiger partial charge in [0.15, 0.2) is 11.5 Å². The van der Waals surface area contributed by atoms with Crippen molar-refractivity contribution in [1.29, 1.82) is 0 Å². The second-order valence-corrected chi connectivity index (χ2v) is 12.1. The summed E-state index contributed by atoms with van der Waals surface area (Å²) >= 11 is 7.16. The molecule has 0 spiro atoms. The monoisotopic (exact) mass is 595 g/mol. The third-order valence-corrected chi connectivity index (χ3v) is 9.16. The number of ether oxygens (including phenoxy) is 3. The van der Waals surface area contributed by atoms with Crippen molar-refractivity contribution < 1.29 is 28.5 Å². The molecular formula is C30H27ClFN3O5S. The van der Waals surface area contributed by atoms with Gasteiger partial charge < -0.3 is 23.9 Å². The lowest BCUT2D eigenvalue weighted by Gasteiger charge is -2.29. The maximum Gasteiger partial charge on any atom is 0.346 e. The minimum Gasteiger partial charge on any atom is -0.477 e. The van der Waals surface area contributed by atoms with E-state index >= 15 is 0 Å². The van der Waals surface area contributed by atoms with Crippen LogP contribution >= 0.6 is 22.9 Å². The van der Waals surface area contributed by atoms with Crippen molar-refractivity contribution in [2.75, 3.05) is 19.7 Å². The number of aromatic nitrogens is 2. The zero-order chi connectivity index (χ0) is 28.3. The first-order valence-corrected chi connectivity index (χ1v) is 14.7. The van der Waals surface area contributed by atoms with Gasteiger partial charge in [0.05, 0.1) is 30.3 Å². The molecule has 1 N–H and O–H groups in total. The van der Waals surface area contributed by atoms with Crippen LogP contribution in [0, 0.1) is 5.82 Å². The van der Waals surface area contributed by atoms with Gasteiger partial charge in [-0.05, 0) is 48.7 Å². The van der Waals surface area contributed by atoms with Crippen LogP contribution in [0.3, 0.4) is 0 Å². The van der Waals surface area contributed by atoms with Gasteiger partial charge in [-0.1, -0.05) is 29.8 Å². The zero-order valence-corrected chi connectivity index (χ0v) is 23.8. The lowest BCUT2D eigenvalue weighted by Crippen LogP contribution is -2.33. The van der Waals surface area contributed by atoms with Crippen LogP contribution < -0.4 is 9.47 Å². The van der Waals surface area contributed by atoms with E-state index < -0.39 is 17.6 Å². The van der Waals surface area contributed by atoms with E-state index in [0.717, 1.165) is 53.3 Å². The summed E-state index contributed by atoms with van der Waals surface area (Å²) < 4.78 is 35.0. The number of rotatable bonds is 7. The number of halogens is 2. The molecule has 11 heteroatoms. The molecule has 2 aromatic heterocycles. The van der Waals surface area contributed by atoms with Gasteiger partial charge in [0.2, 0.25) is 0 Å². The van der Waals surface area contributed by atoms with Crippen molar-refractivity contribution in [2.45, 2.75) is 44.7 Å². The zero-order valence-electron chi connectivity index (χ0n) is 22.2. The molecule has 0 amide bonds. The second kappa shape index (κ2) is 10.1. The molecule has 1 unspecified atom stereocenters. The Morgan fingerprint density at radius 3 is 2.83 bits per heavy atom. The van der Waals surface area contributed by atoms with E-state index in [0.29, 0.717) is 41.0 Å². The van der Waals surface area contributed by atoms with Crippen molar-refractivity contribution in [1.82, 2.24) is 14.5 Å². The maximum atomic E-state index is 14.8. The molecule has 1 fully saturated rings. The van der Waals surface area contributed by atoms with E-state index in [1.54, 1.807) is 25.1 Å². The molecule has 0 aliphatic carbocycles. The molecule has 7 rings (SSSR count). The molecule has 4 aromatic rings. The van der Waals surface area contributed by atoms with E-state index in [1.807, 2.05) is 18.2 Å². The van der Waals surface area contributed by atoms with E-state index in [2.05, 4.69) is 15.5 Å². The van der Waals surface area contributed by atoms with E-state index in [-0.39, 0.29) is 11.7 Å². The molecule has 3 aliphatic rings. The number of nitrogens with zero attached hydrogens (tertiary/aromatic N) is 3. The fourth-order valence-corrected chi connectivity index (χ4v) is 6.72. The van der Waals surface area contributed by atoms with Crippen LogP contribution in [-0.4, -0.2) is 51.3 Å². The number of imidazole rings is 1. The number of carboxylic acids is 1. The van der Waals surface area contributed by atoms with E-state index in [1.165, 1.54) is 17.4 Å². The Kier molecular flexibility index (Phi) is 6.54. The van der Waals surface area contributed by atoms with Crippen LogP contribution in [0.2, 0.25) is 5.02 Å². The molecule has 0 saturated carbocycles. The minimum absolute atomic E-state index is 0.126. The van der Waals surface area contributed by atoms with Gasteiger partial charge >= 0.3 is 5.97 Å². The molecule has 41 heavy (non-hydrogen) atoms. The summed E-state index contributed by atoms with van der Waals surface area (Å²) in [6.07, 6.45) is 4.09. The average molecular weight is 596 g/mol. The summed E-state index contributed by atoms with van der Waals surface area (Å²) in [5, 5.41) is 9.76. The number of carboxylic acid groups (broad SMARTS) is 1. The van der Waals surface area contributed by atoms with Gasteiger partial charge in [-0.25, -0.2) is 14.2 Å². The molecule has 3 aliphatic heterocycles. The molecule has 0 radical (unpaired) electrons. The number of hydrogen-bond acceptors (Lipinski definition) is 7. The van der Waals surface area contributed by atoms with Crippen molar-refractivity contribution in [3.8, 4) is 11.5 Å². The third kappa shape index (κ3) is 4.78. The van der Waals surface area contributed by atoms with Crippen molar-refractivity contribution in [2.24, 2.45) is 0 Å². The number of para-hydroxylation sites is 1. The predicted octanol–water partition coefficient (Wildman–Crippen LogP) is 6.31. The molecule has 2 atom stereocenters. The van der Waals surface area contributed by atoms with Crippen LogP contribution in [0.5, 0.6) is 11.5 Å². The fraction of sp³-hybridized carbons (Fsp3) is 0.333. The number of hydrogen-bond donors (Lipinski definition) is 1. The van der Waals surface area contributed by atoms with Crippen molar-refractivity contribution in [3.63, 3.8) is 0 Å². The third-order valence-electron chi connectivity index (χ3n) is 7.92. The lowest BCUT2D eigenvalue weighted by atomic mass is 9.98. The van der Waals surface area contributed by atoms with Crippen LogP contribution in [-0.2, 0) is 23.6 Å². The van der Waals surface area contributed by atoms with Crippen LogP contribution in [0.4, 0.5) is 4.39 Å². The van der Waals surface area contributed by atoms with Gasteiger partial charge in [0.25, 0.3) is 5.79 Å². The number of benzene rings is 2. The molecule has 1 saturated heterocycles. The predicted molar refractivity (Wildman–Crippen MR) is 153 cm³/mol. The quantitative estimate of drug-likeness (QED) is 0.268. The van der Waals surface area contributed by atoms with Gasteiger partial charge in [0.1, 0.15) is 21.3 Å². The Morgan fingerprint density at radius 1 is 1.27 bits per heavy atom. The molecular weight excluding hydrogens is 569 g/mol. The summed E-state index contributed by atoms with van der Waals surface area (Å²) in [4.78, 5) is 19.7. The normalized spacial score (nSPS) is 22.1. The first-order valence-electron chi connectivity index (χ1n) is 13.5. The largest absolute Gasteiger partial charge is 0.477 e. The number of carbonyl (C=O) groups is 1. The van der Waals surface area contributed by atoms with Crippen LogP contribution in [0.15, 0.2) is 48.5 Å². The number of aromatic carboxylic acids is 1. The molecule has 5 heterocycles. The summed E-state index contributed by atoms with van der Waals surface area (Å²) in [5.74, 6) is -0.631. The fourth-order valence-electron chi connectivity index (χ4n) is 5.67. The van der Waals surface area contributed by atoms with Crippen molar-refractivity contribution in [3.05, 3.63) is 81.2 Å². The van der Waals surface area contributed by atoms with Gasteiger partial charge in [-0.2, -0.15) is 0 Å². The summed E-state index contributed by atoms with van der Waals surface area (Å²) in [5.41, 5.74) is 3.21. The highest BCUT2D eigenvalue weighted by atomic mass is 35.5. The van der Waals surface area contributed by atoms with Crippen molar-refractivity contribution >= 4 is 44.8 Å². The summed E-state index contributed by atoms with van der Waals surface area (Å²) in [6, 6.07) is 12.0. The van der Waals surface area contributed by atoms with Crippen LogP contribution in [0.25, 0.3) is 15.9 Å². The minimum atomic E-state index is -1.30. The highest BCUT2D eigenvalue weighted by Crippen LogP contribution is 2.49. The topological polar surface area (TPSA) is 86.1 Å². The standard InChI is InChI=1S/C30H27ClFN3O5S/c1-30(21-6-5-18(31)13-22(21)32)39-24-4-2-3-20(27(24)40-30)17-7-10-34(11-8-17)16-26-33-28-23(14-25(41-28)29(36)37)35(26)15-19-9-12-38-19/h2-7,13-14,19H,8-12,15-16H2,1H3,(H,36,37)/t19-,30?/m0/s1. The Bertz CT molecular complexity index is 1710. The van der Waals surface area contributed by atoms with Gasteiger partial charge in [-0.15, -0.1) is 11.3 Å². The van der Waals surface area contributed by atoms with E-state index in [4.69, 9.17) is 30.8 Å². The molecule has 2 aromatic carbocycles. The first kappa shape index (κ1) is 26.5. The molecule has 0 bridgehead atoms. The Labute approximate surface area is 244 Å². The smallest absolute Gasteiger partial charge is 0.346 e. The molecule has 212 valence electrons. The van der Waals surface area contributed by atoms with Gasteiger partial charge in [0, 0.05) is 37.2 Å². The van der Waals surface area contributed by atoms with E-state index in [9.17, 15) is 14.3 Å². The first-order chi connectivity index (χ1) is 19.8. The highest BCUT2D eigenvalue weighted by molar-refractivity contribution is 7.20. The number of thiophene rings is 1. The SMILES string of the molecule is CC1(c2ccc(Cl)cc2F)Oc2cccc(C3=CCN(Cc4nc5sc(C(=O)O)cc5n4C[C@@H]4CCO4)CC3)c2O1. The Hall–Kier alpha value is -3.44. The highest BCUT2D eigenvalue weighted by Gasteiger charge is 2.42. The van der Waals surface area contributed by atoms with Crippen LogP contribution in [0.1, 0.15) is 46.4 Å². The summed E-state index contributed by atoms with van der Waals surface area (Å²) in [6.45, 7) is 5.29. The number of fused-ring (bicyclic) bond motifs is 2. The Morgan fingerprint density at radius 2 is 2.12 bits per heavy atom. The average Bonchev–Trinajstić information content (AvgIpc) is 3.57. The maximum absolute atomic E-state index is 14.8. The van der Waals surface area contributed by atoms with Gasteiger partial charge in [-0.3, -0.25) is 4.90 Å².